The molecule has 1 fully saturated rings. The fraction of sp³-hybridized carbons (Fsp3) is 0.450. The fourth-order valence-electron chi connectivity index (χ4n) is 3.16. The maximum atomic E-state index is 12.8. The number of ether oxygens (including phenoxy) is 1. The highest BCUT2D eigenvalue weighted by Gasteiger charge is 2.27. The molecule has 0 saturated carbocycles. The Labute approximate surface area is 176 Å². The predicted molar refractivity (Wildman–Crippen MR) is 113 cm³/mol. The number of nitrogens with two attached hydrogens (primary N) is 1. The first-order valence-corrected chi connectivity index (χ1v) is 11.2. The first-order valence-electron chi connectivity index (χ1n) is 9.73. The number of alkyl carbamates (subject to hydrolysis) is 1. The molecular weight excluding hydrogens is 406 g/mol. The van der Waals surface area contributed by atoms with Crippen LogP contribution < -0.4 is 16.0 Å². The number of sulfone groups is 1. The predicted octanol–water partition coefficient (Wildman–Crippen LogP) is 2.39. The highest BCUT2D eigenvalue weighted by atomic mass is 32.2. The zero-order chi connectivity index (χ0) is 21.9. The SMILES string of the molecule is CC(C)(C)OC(=O)NC1CCN(c2ncc(S(=O)(=O)c3ccccc3)c(N)n2)CC1. The number of benzene rings is 1. The van der Waals surface area contributed by atoms with Crippen molar-refractivity contribution in [2.75, 3.05) is 23.7 Å². The number of rotatable bonds is 4. The summed E-state index contributed by atoms with van der Waals surface area (Å²) in [4.78, 5) is 22.3. The molecule has 1 saturated heterocycles. The van der Waals surface area contributed by atoms with Crippen molar-refractivity contribution >= 4 is 27.7 Å². The zero-order valence-corrected chi connectivity index (χ0v) is 18.1. The highest BCUT2D eigenvalue weighted by Crippen LogP contribution is 2.26. The van der Waals surface area contributed by atoms with E-state index in [4.69, 9.17) is 10.5 Å². The van der Waals surface area contributed by atoms with Gasteiger partial charge in [0, 0.05) is 19.1 Å². The van der Waals surface area contributed by atoms with Crippen LogP contribution >= 0.6 is 0 Å². The summed E-state index contributed by atoms with van der Waals surface area (Å²) >= 11 is 0. The minimum absolute atomic E-state index is 0.00817. The number of nitrogen functional groups attached to an aromatic ring is 1. The maximum Gasteiger partial charge on any atom is 0.407 e. The van der Waals surface area contributed by atoms with Crippen molar-refractivity contribution in [2.24, 2.45) is 0 Å². The van der Waals surface area contributed by atoms with E-state index in [1.165, 1.54) is 18.3 Å². The van der Waals surface area contributed by atoms with E-state index in [2.05, 4.69) is 15.3 Å². The van der Waals surface area contributed by atoms with E-state index in [0.29, 0.717) is 31.9 Å². The zero-order valence-electron chi connectivity index (χ0n) is 17.3. The Morgan fingerprint density at radius 1 is 1.20 bits per heavy atom. The third kappa shape index (κ3) is 5.18. The molecule has 9 nitrogen and oxygen atoms in total. The molecule has 1 aromatic carbocycles. The number of anilines is 2. The van der Waals surface area contributed by atoms with Gasteiger partial charge in [-0.3, -0.25) is 0 Å². The number of nitrogens with zero attached hydrogens (tertiary/aromatic N) is 3. The van der Waals surface area contributed by atoms with Gasteiger partial charge in [-0.05, 0) is 45.7 Å². The van der Waals surface area contributed by atoms with Gasteiger partial charge in [0.15, 0.2) is 0 Å². The summed E-state index contributed by atoms with van der Waals surface area (Å²) in [6.07, 6.45) is 2.20. The number of carbonyl (C=O) groups is 1. The van der Waals surface area contributed by atoms with Crippen LogP contribution in [0.5, 0.6) is 0 Å². The Hall–Kier alpha value is -2.88. The van der Waals surface area contributed by atoms with Gasteiger partial charge in [0.25, 0.3) is 0 Å². The monoisotopic (exact) mass is 433 g/mol. The minimum atomic E-state index is -3.78. The van der Waals surface area contributed by atoms with Crippen LogP contribution in [0.25, 0.3) is 0 Å². The van der Waals surface area contributed by atoms with Gasteiger partial charge in [-0.25, -0.2) is 18.2 Å². The average Bonchev–Trinajstić information content (AvgIpc) is 2.67. The second-order valence-corrected chi connectivity index (χ2v) is 10.1. The lowest BCUT2D eigenvalue weighted by molar-refractivity contribution is 0.0497. The van der Waals surface area contributed by atoms with Crippen molar-refractivity contribution < 1.29 is 17.9 Å². The molecule has 0 bridgehead atoms. The summed E-state index contributed by atoms with van der Waals surface area (Å²) in [5.41, 5.74) is 5.43. The molecule has 2 aromatic rings. The second kappa shape index (κ2) is 8.47. The van der Waals surface area contributed by atoms with E-state index >= 15 is 0 Å². The molecule has 1 amide bonds. The van der Waals surface area contributed by atoms with Crippen LogP contribution in [0.3, 0.4) is 0 Å². The smallest absolute Gasteiger partial charge is 0.407 e. The van der Waals surface area contributed by atoms with Crippen molar-refractivity contribution in [3.05, 3.63) is 36.5 Å². The topological polar surface area (TPSA) is 128 Å². The van der Waals surface area contributed by atoms with Crippen LogP contribution in [0.15, 0.2) is 46.3 Å². The molecule has 1 aliphatic heterocycles. The summed E-state index contributed by atoms with van der Waals surface area (Å²) in [7, 11) is -3.78. The van der Waals surface area contributed by atoms with Crippen LogP contribution in [-0.4, -0.2) is 49.2 Å². The number of amides is 1. The van der Waals surface area contributed by atoms with Crippen molar-refractivity contribution in [3.63, 3.8) is 0 Å². The third-order valence-corrected chi connectivity index (χ3v) is 6.40. The normalized spacial score (nSPS) is 15.6. The summed E-state index contributed by atoms with van der Waals surface area (Å²) < 4.78 is 30.8. The van der Waals surface area contributed by atoms with E-state index in [1.807, 2.05) is 25.7 Å². The fourth-order valence-corrected chi connectivity index (χ4v) is 4.44. The minimum Gasteiger partial charge on any atom is -0.444 e. The van der Waals surface area contributed by atoms with Gasteiger partial charge in [-0.15, -0.1) is 0 Å². The summed E-state index contributed by atoms with van der Waals surface area (Å²) in [5, 5.41) is 2.87. The Morgan fingerprint density at radius 2 is 1.83 bits per heavy atom. The molecule has 2 heterocycles. The standard InChI is InChI=1S/C20H27N5O4S/c1-20(2,3)29-19(26)23-14-9-11-25(12-10-14)18-22-13-16(17(21)24-18)30(27,28)15-7-5-4-6-8-15/h4-8,13-14H,9-12H2,1-3H3,(H,23,26)(H2,21,22,24). The Balaban J connectivity index is 1.65. The third-order valence-electron chi connectivity index (χ3n) is 4.61. The second-order valence-electron chi connectivity index (χ2n) is 8.14. The van der Waals surface area contributed by atoms with Gasteiger partial charge >= 0.3 is 6.09 Å². The van der Waals surface area contributed by atoms with E-state index < -0.39 is 21.5 Å². The van der Waals surface area contributed by atoms with Gasteiger partial charge in [0.1, 0.15) is 16.3 Å². The van der Waals surface area contributed by atoms with Crippen molar-refractivity contribution in [1.29, 1.82) is 0 Å². The van der Waals surface area contributed by atoms with Crippen LogP contribution in [0.2, 0.25) is 0 Å². The Morgan fingerprint density at radius 3 is 2.40 bits per heavy atom. The lowest BCUT2D eigenvalue weighted by Crippen LogP contribution is -2.46. The van der Waals surface area contributed by atoms with E-state index in [9.17, 15) is 13.2 Å². The van der Waals surface area contributed by atoms with Crippen LogP contribution in [-0.2, 0) is 14.6 Å². The molecule has 1 aliphatic rings. The van der Waals surface area contributed by atoms with Crippen LogP contribution in [0.4, 0.5) is 16.6 Å². The Kier molecular flexibility index (Phi) is 6.16. The highest BCUT2D eigenvalue weighted by molar-refractivity contribution is 7.91. The van der Waals surface area contributed by atoms with E-state index in [-0.39, 0.29) is 21.7 Å². The number of nitrogens with one attached hydrogen (secondary N) is 1. The number of piperidine rings is 1. The largest absolute Gasteiger partial charge is 0.444 e. The van der Waals surface area contributed by atoms with Gasteiger partial charge in [0.05, 0.1) is 11.1 Å². The summed E-state index contributed by atoms with van der Waals surface area (Å²) in [6, 6.07) is 8.03. The van der Waals surface area contributed by atoms with Gasteiger partial charge in [0.2, 0.25) is 15.8 Å². The number of aromatic nitrogens is 2. The molecule has 1 aromatic heterocycles. The molecule has 0 aliphatic carbocycles. The number of hydrogen-bond acceptors (Lipinski definition) is 8. The van der Waals surface area contributed by atoms with Crippen LogP contribution in [0.1, 0.15) is 33.6 Å². The molecular formula is C20H27N5O4S. The molecule has 10 heteroatoms. The molecule has 0 unspecified atom stereocenters. The summed E-state index contributed by atoms with van der Waals surface area (Å²) in [6.45, 7) is 6.66. The van der Waals surface area contributed by atoms with Crippen molar-refractivity contribution in [3.8, 4) is 0 Å². The number of carbonyl (C=O) groups excluding carboxylic acids is 1. The lowest BCUT2D eigenvalue weighted by atomic mass is 10.1. The van der Waals surface area contributed by atoms with E-state index in [0.717, 1.165) is 0 Å². The van der Waals surface area contributed by atoms with Crippen molar-refractivity contribution in [1.82, 2.24) is 15.3 Å². The molecule has 162 valence electrons. The summed E-state index contributed by atoms with van der Waals surface area (Å²) in [5.74, 6) is 0.285. The number of hydrogen-bond donors (Lipinski definition) is 2. The molecule has 30 heavy (non-hydrogen) atoms. The first kappa shape index (κ1) is 21.8. The van der Waals surface area contributed by atoms with Gasteiger partial charge in [-0.1, -0.05) is 18.2 Å². The first-order chi connectivity index (χ1) is 14.1. The quantitative estimate of drug-likeness (QED) is 0.752. The molecule has 0 atom stereocenters. The molecule has 0 radical (unpaired) electrons. The van der Waals surface area contributed by atoms with Gasteiger partial charge in [-0.2, -0.15) is 4.98 Å². The van der Waals surface area contributed by atoms with Gasteiger partial charge < -0.3 is 20.7 Å². The lowest BCUT2D eigenvalue weighted by Gasteiger charge is -2.32. The Bertz CT molecular complexity index is 998. The average molecular weight is 434 g/mol. The van der Waals surface area contributed by atoms with E-state index in [1.54, 1.807) is 18.2 Å². The molecule has 0 spiro atoms. The molecule has 3 N–H and O–H groups in total. The van der Waals surface area contributed by atoms with Crippen LogP contribution in [0, 0.1) is 0 Å². The molecule has 3 rings (SSSR count). The maximum absolute atomic E-state index is 12.8. The van der Waals surface area contributed by atoms with Crippen molar-refractivity contribution in [2.45, 2.75) is 55.0 Å².